The Balaban J connectivity index is 2.48. The third-order valence-corrected chi connectivity index (χ3v) is 5.67. The molecule has 16 heavy (non-hydrogen) atoms. The number of hydrogen-bond donors (Lipinski definition) is 1. The lowest BCUT2D eigenvalue weighted by Gasteiger charge is -2.24. The van der Waals surface area contributed by atoms with Gasteiger partial charge >= 0.3 is 0 Å². The first-order chi connectivity index (χ1) is 7.60. The van der Waals surface area contributed by atoms with Crippen molar-refractivity contribution in [2.75, 3.05) is 19.4 Å². The molecule has 1 aliphatic rings. The molecule has 1 fully saturated rings. The molecule has 1 rings (SSSR count). The van der Waals surface area contributed by atoms with Crippen LogP contribution in [0.25, 0.3) is 0 Å². The van der Waals surface area contributed by atoms with Gasteiger partial charge in [0.15, 0.2) is 0 Å². The van der Waals surface area contributed by atoms with E-state index in [1.54, 1.807) is 0 Å². The zero-order chi connectivity index (χ0) is 12.1. The molecule has 0 bridgehead atoms. The van der Waals surface area contributed by atoms with Crippen LogP contribution in [0.15, 0.2) is 0 Å². The Labute approximate surface area is 102 Å². The van der Waals surface area contributed by atoms with E-state index in [4.69, 9.17) is 4.74 Å². The van der Waals surface area contributed by atoms with Gasteiger partial charge in [-0.05, 0) is 26.3 Å². The Kier molecular flexibility index (Phi) is 5.94. The monoisotopic (exact) mass is 247 g/mol. The van der Waals surface area contributed by atoms with Gasteiger partial charge in [0.2, 0.25) is 0 Å². The Morgan fingerprint density at radius 3 is 2.69 bits per heavy atom. The summed E-state index contributed by atoms with van der Waals surface area (Å²) in [5.41, 5.74) is 0. The summed E-state index contributed by atoms with van der Waals surface area (Å²) in [5, 5.41) is 3.52. The Morgan fingerprint density at radius 2 is 2.25 bits per heavy atom. The Bertz CT molecular complexity index is 235. The molecular weight excluding hydrogens is 222 g/mol. The summed E-state index contributed by atoms with van der Waals surface area (Å²) < 4.78 is 17.7. The second-order valence-corrected chi connectivity index (χ2v) is 6.43. The van der Waals surface area contributed by atoms with Crippen molar-refractivity contribution >= 4 is 10.8 Å². The molecule has 0 aliphatic carbocycles. The molecule has 0 amide bonds. The zero-order valence-electron chi connectivity index (χ0n) is 10.9. The van der Waals surface area contributed by atoms with Crippen LogP contribution in [0.5, 0.6) is 0 Å². The van der Waals surface area contributed by atoms with E-state index in [-0.39, 0.29) is 11.4 Å². The van der Waals surface area contributed by atoms with E-state index in [1.165, 1.54) is 0 Å². The zero-order valence-corrected chi connectivity index (χ0v) is 11.7. The van der Waals surface area contributed by atoms with Gasteiger partial charge in [-0.1, -0.05) is 20.3 Å². The lowest BCUT2D eigenvalue weighted by molar-refractivity contribution is 0.127. The number of nitrogens with one attached hydrogen (secondary N) is 1. The van der Waals surface area contributed by atoms with Crippen molar-refractivity contribution in [3.05, 3.63) is 0 Å². The molecule has 0 spiro atoms. The minimum absolute atomic E-state index is 0.162. The summed E-state index contributed by atoms with van der Waals surface area (Å²) >= 11 is 0. The first-order valence-corrected chi connectivity index (χ1v) is 7.64. The maximum atomic E-state index is 12.2. The van der Waals surface area contributed by atoms with Crippen LogP contribution >= 0.6 is 0 Å². The SMILES string of the molecule is CCC(C)C(CS(=O)C1CCOC1C)NC. The number of hydrogen-bond acceptors (Lipinski definition) is 3. The van der Waals surface area contributed by atoms with Gasteiger partial charge in [-0.25, -0.2) is 0 Å². The van der Waals surface area contributed by atoms with Crippen molar-refractivity contribution in [2.45, 2.75) is 51.0 Å². The minimum Gasteiger partial charge on any atom is -0.377 e. The van der Waals surface area contributed by atoms with Crippen molar-refractivity contribution in [2.24, 2.45) is 5.92 Å². The van der Waals surface area contributed by atoms with E-state index in [1.807, 2.05) is 14.0 Å². The van der Waals surface area contributed by atoms with Crippen molar-refractivity contribution < 1.29 is 8.95 Å². The van der Waals surface area contributed by atoms with E-state index < -0.39 is 10.8 Å². The van der Waals surface area contributed by atoms with Crippen LogP contribution in [0, 0.1) is 5.92 Å². The highest BCUT2D eigenvalue weighted by atomic mass is 32.2. The standard InChI is InChI=1S/C12H25NO2S/c1-5-9(2)11(13-4)8-16(14)12-6-7-15-10(12)3/h9-13H,5-8H2,1-4H3. The van der Waals surface area contributed by atoms with Crippen LogP contribution in [-0.2, 0) is 15.5 Å². The highest BCUT2D eigenvalue weighted by Crippen LogP contribution is 2.20. The highest BCUT2D eigenvalue weighted by molar-refractivity contribution is 7.85. The largest absolute Gasteiger partial charge is 0.377 e. The summed E-state index contributed by atoms with van der Waals surface area (Å²) in [6.07, 6.45) is 2.24. The van der Waals surface area contributed by atoms with E-state index in [0.717, 1.165) is 25.2 Å². The van der Waals surface area contributed by atoms with Gasteiger partial charge < -0.3 is 10.1 Å². The van der Waals surface area contributed by atoms with Crippen molar-refractivity contribution in [1.29, 1.82) is 0 Å². The normalized spacial score (nSPS) is 31.2. The second kappa shape index (κ2) is 6.72. The van der Waals surface area contributed by atoms with E-state index >= 15 is 0 Å². The molecule has 1 saturated heterocycles. The molecule has 1 N–H and O–H groups in total. The predicted octanol–water partition coefficient (Wildman–Crippen LogP) is 1.55. The van der Waals surface area contributed by atoms with Gasteiger partial charge in [0.05, 0.1) is 11.4 Å². The molecule has 96 valence electrons. The molecule has 0 aromatic carbocycles. The summed E-state index contributed by atoms with van der Waals surface area (Å²) in [4.78, 5) is 0. The number of ether oxygens (including phenoxy) is 1. The first kappa shape index (κ1) is 14.1. The lowest BCUT2D eigenvalue weighted by atomic mass is 10.0. The van der Waals surface area contributed by atoms with Crippen molar-refractivity contribution in [1.82, 2.24) is 5.32 Å². The lowest BCUT2D eigenvalue weighted by Crippen LogP contribution is -2.40. The molecule has 0 saturated carbocycles. The summed E-state index contributed by atoms with van der Waals surface area (Å²) in [5.74, 6) is 1.33. The average molecular weight is 247 g/mol. The highest BCUT2D eigenvalue weighted by Gasteiger charge is 2.31. The molecule has 1 heterocycles. The summed E-state index contributed by atoms with van der Waals surface area (Å²) in [6, 6.07) is 0.360. The fraction of sp³-hybridized carbons (Fsp3) is 1.00. The maximum Gasteiger partial charge on any atom is 0.0691 e. The van der Waals surface area contributed by atoms with Crippen molar-refractivity contribution in [3.63, 3.8) is 0 Å². The van der Waals surface area contributed by atoms with E-state index in [0.29, 0.717) is 12.0 Å². The van der Waals surface area contributed by atoms with Crippen LogP contribution in [0.4, 0.5) is 0 Å². The predicted molar refractivity (Wildman–Crippen MR) is 69.1 cm³/mol. The molecule has 5 atom stereocenters. The number of rotatable bonds is 6. The van der Waals surface area contributed by atoms with E-state index in [2.05, 4.69) is 19.2 Å². The Morgan fingerprint density at radius 1 is 1.56 bits per heavy atom. The molecule has 0 aromatic rings. The van der Waals surface area contributed by atoms with Crippen molar-refractivity contribution in [3.8, 4) is 0 Å². The smallest absolute Gasteiger partial charge is 0.0691 e. The molecule has 1 aliphatic heterocycles. The third-order valence-electron chi connectivity index (χ3n) is 3.69. The molecule has 5 unspecified atom stereocenters. The molecule has 3 nitrogen and oxygen atoms in total. The molecule has 0 radical (unpaired) electrons. The average Bonchev–Trinajstić information content (AvgIpc) is 2.71. The molecule has 4 heteroatoms. The van der Waals surface area contributed by atoms with Gasteiger partial charge in [-0.3, -0.25) is 4.21 Å². The van der Waals surface area contributed by atoms with Gasteiger partial charge in [-0.2, -0.15) is 0 Å². The van der Waals surface area contributed by atoms with Crippen LogP contribution in [0.1, 0.15) is 33.6 Å². The van der Waals surface area contributed by atoms with Crippen LogP contribution in [0.2, 0.25) is 0 Å². The fourth-order valence-electron chi connectivity index (χ4n) is 2.17. The topological polar surface area (TPSA) is 38.3 Å². The van der Waals surface area contributed by atoms with Crippen LogP contribution in [0.3, 0.4) is 0 Å². The first-order valence-electron chi connectivity index (χ1n) is 6.26. The summed E-state index contributed by atoms with van der Waals surface area (Å²) in [7, 11) is 1.20. The third kappa shape index (κ3) is 3.54. The van der Waals surface area contributed by atoms with Crippen LogP contribution in [-0.4, -0.2) is 41.0 Å². The fourth-order valence-corrected chi connectivity index (χ4v) is 4.14. The Hall–Kier alpha value is 0.0700. The summed E-state index contributed by atoms with van der Waals surface area (Å²) in [6.45, 7) is 7.20. The molecular formula is C12H25NO2S. The van der Waals surface area contributed by atoms with E-state index in [9.17, 15) is 4.21 Å². The second-order valence-electron chi connectivity index (χ2n) is 4.73. The minimum atomic E-state index is -0.765. The van der Waals surface area contributed by atoms with Gasteiger partial charge in [0.1, 0.15) is 0 Å². The van der Waals surface area contributed by atoms with Gasteiger partial charge in [-0.15, -0.1) is 0 Å². The van der Waals surface area contributed by atoms with Gasteiger partial charge in [0, 0.05) is 29.2 Å². The maximum absolute atomic E-state index is 12.2. The van der Waals surface area contributed by atoms with Crippen LogP contribution < -0.4 is 5.32 Å². The quantitative estimate of drug-likeness (QED) is 0.774. The van der Waals surface area contributed by atoms with Gasteiger partial charge in [0.25, 0.3) is 0 Å². The molecule has 0 aromatic heterocycles.